The van der Waals surface area contributed by atoms with E-state index in [2.05, 4.69) is 39.5 Å². The highest BCUT2D eigenvalue weighted by Gasteiger charge is 2.29. The first-order valence-corrected chi connectivity index (χ1v) is 30.2. The zero-order valence-electron chi connectivity index (χ0n) is 50.1. The molecule has 4 fully saturated rings. The van der Waals surface area contributed by atoms with Gasteiger partial charge in [0.05, 0.1) is 126 Å². The van der Waals surface area contributed by atoms with Gasteiger partial charge in [0.25, 0.3) is 0 Å². The molecule has 4 aliphatic rings. The average molecular weight is 1230 g/mol. The van der Waals surface area contributed by atoms with E-state index in [0.29, 0.717) is 181 Å². The summed E-state index contributed by atoms with van der Waals surface area (Å²) in [6.07, 6.45) is 8.96. The third kappa shape index (κ3) is 27.6. The predicted molar refractivity (Wildman–Crippen MR) is 324 cm³/mol. The van der Waals surface area contributed by atoms with Gasteiger partial charge in [0.1, 0.15) is 29.1 Å². The van der Waals surface area contributed by atoms with Crippen molar-refractivity contribution in [3.63, 3.8) is 0 Å². The first-order chi connectivity index (χ1) is 42.4. The minimum atomic E-state index is -1.04. The Bertz CT molecular complexity index is 2330. The van der Waals surface area contributed by atoms with Crippen LogP contribution in [0.25, 0.3) is 0 Å². The number of aromatic nitrogens is 4. The summed E-state index contributed by atoms with van der Waals surface area (Å²) in [4.78, 5) is 80.0. The Labute approximate surface area is 516 Å². The van der Waals surface area contributed by atoms with E-state index >= 15 is 0 Å². The molecule has 8 rings (SSSR count). The molecule has 4 aromatic heterocycles. The van der Waals surface area contributed by atoms with Gasteiger partial charge in [-0.1, -0.05) is 57.4 Å². The maximum absolute atomic E-state index is 11.4. The normalized spacial score (nSPS) is 22.0. The van der Waals surface area contributed by atoms with E-state index in [-0.39, 0.29) is 54.6 Å². The van der Waals surface area contributed by atoms with E-state index in [1.807, 2.05) is 24.3 Å². The van der Waals surface area contributed by atoms with Gasteiger partial charge in [0, 0.05) is 78.5 Å². The predicted octanol–water partition coefficient (Wildman–Crippen LogP) is 5.98. The van der Waals surface area contributed by atoms with Crippen LogP contribution in [-0.2, 0) is 68.9 Å². The molecule has 0 unspecified atom stereocenters. The fourth-order valence-corrected chi connectivity index (χ4v) is 10.4. The van der Waals surface area contributed by atoms with Gasteiger partial charge in [-0.2, -0.15) is 0 Å². The Kier molecular flexibility index (Phi) is 34.4. The lowest BCUT2D eigenvalue weighted by molar-refractivity contribution is -0.106. The van der Waals surface area contributed by atoms with Crippen LogP contribution in [0, 0.1) is 0 Å². The number of rotatable bonds is 12. The molecule has 2 saturated heterocycles. The molecule has 4 N–H and O–H groups in total. The van der Waals surface area contributed by atoms with E-state index in [4.69, 9.17) is 42.7 Å². The highest BCUT2D eigenvalue weighted by Crippen LogP contribution is 2.26. The summed E-state index contributed by atoms with van der Waals surface area (Å²) in [5, 5.41) is 37.2. The fourth-order valence-electron chi connectivity index (χ4n) is 10.4. The summed E-state index contributed by atoms with van der Waals surface area (Å²) in [6, 6.07) is 20.2. The average Bonchev–Trinajstić information content (AvgIpc) is 3.62. The van der Waals surface area contributed by atoms with Crippen molar-refractivity contribution in [3.8, 4) is 0 Å². The smallest absolute Gasteiger partial charge is 0.354 e. The molecule has 2 saturated carbocycles. The SMILES string of the molecule is C.CC=O.O=C(O)c1cccc(CN2CCOCCOCCN(Cc3cccc(C(=O)O)n3)CCO[C@@H]3CCCC[C@@H]3OCC2)n1.O=C(O)c1cccc(CN2CCOCCOCCN(Cc3cccc(C(=O)O)n3)CCO[C@@H]3CCCC[C@@H]3OCC2)n1. The number of carboxylic acid groups (broad SMARTS) is 4. The second-order valence-electron chi connectivity index (χ2n) is 21.3. The van der Waals surface area contributed by atoms with Crippen LogP contribution < -0.4 is 0 Å². The van der Waals surface area contributed by atoms with Crippen LogP contribution in [0.5, 0.6) is 0 Å². The topological polar surface area (TPSA) is 305 Å². The molecule has 0 spiro atoms. The van der Waals surface area contributed by atoms with Crippen molar-refractivity contribution in [1.29, 1.82) is 0 Å². The van der Waals surface area contributed by atoms with Crippen molar-refractivity contribution >= 4 is 30.2 Å². The Morgan fingerprint density at radius 3 is 0.795 bits per heavy atom. The van der Waals surface area contributed by atoms with Crippen molar-refractivity contribution in [3.05, 3.63) is 118 Å². The second kappa shape index (κ2) is 41.8. The summed E-state index contributed by atoms with van der Waals surface area (Å²) >= 11 is 0. The van der Waals surface area contributed by atoms with Crippen LogP contribution in [0.4, 0.5) is 0 Å². The third-order valence-corrected chi connectivity index (χ3v) is 14.8. The number of carbonyl (C=O) groups excluding carboxylic acids is 1. The molecule has 2 aliphatic heterocycles. The lowest BCUT2D eigenvalue weighted by Crippen LogP contribution is -2.39. The Hall–Kier alpha value is -6.33. The van der Waals surface area contributed by atoms with Crippen molar-refractivity contribution in [2.75, 3.05) is 132 Å². The number of pyridine rings is 4. The quantitative estimate of drug-likeness (QED) is 0.119. The van der Waals surface area contributed by atoms with Crippen LogP contribution in [0.15, 0.2) is 72.8 Å². The minimum absolute atomic E-state index is 0. The monoisotopic (exact) mass is 1230 g/mol. The van der Waals surface area contributed by atoms with E-state index in [9.17, 15) is 39.6 Å². The van der Waals surface area contributed by atoms with Gasteiger partial charge in [0.15, 0.2) is 0 Å². The third-order valence-electron chi connectivity index (χ3n) is 14.8. The number of hydrogen-bond donors (Lipinski definition) is 4. The van der Waals surface area contributed by atoms with Gasteiger partial charge in [-0.3, -0.25) is 19.6 Å². The molecule has 0 aromatic carbocycles. The number of ether oxygens (including phenoxy) is 8. The van der Waals surface area contributed by atoms with Gasteiger partial charge >= 0.3 is 23.9 Å². The summed E-state index contributed by atoms with van der Waals surface area (Å²) in [5.74, 6) is -4.17. The molecule has 88 heavy (non-hydrogen) atoms. The molecule has 2 aliphatic carbocycles. The van der Waals surface area contributed by atoms with Gasteiger partial charge < -0.3 is 63.1 Å². The Balaban J connectivity index is 0.000000304. The number of carbonyl (C=O) groups is 5. The summed E-state index contributed by atoms with van der Waals surface area (Å²) in [5.41, 5.74) is 2.88. The number of aldehydes is 1. The van der Waals surface area contributed by atoms with Crippen LogP contribution in [0.1, 0.15) is 130 Å². The summed E-state index contributed by atoms with van der Waals surface area (Å²) in [6.45, 7) is 14.4. The standard InChI is InChI=1S/2C30H42N4O8.C2H4O.CH4/c2*35-29(36)25-7-3-5-23(31-25)21-33-11-15-39-19-20-40-16-12-34(22-24-6-4-8-26(32-24)30(37)38)14-18-42-28-10-2-1-9-27(28)41-17-13-33;1-2-3;/h2*3-8,27-28H,1-2,9-22H2,(H,35,36)(H,37,38);2H,1H3;1H4/t2*27-,28+;;. The molecule has 4 atom stereocenters. The van der Waals surface area contributed by atoms with Crippen LogP contribution in [0.2, 0.25) is 0 Å². The molecule has 0 radical (unpaired) electrons. The molecule has 486 valence electrons. The number of fused-ring (bicyclic) bond motifs is 2. The molecule has 6 heterocycles. The molecule has 0 bridgehead atoms. The molecular formula is C63H92N8O17. The fraction of sp³-hybridized carbons (Fsp3) is 0.603. The van der Waals surface area contributed by atoms with Gasteiger partial charge in [0.2, 0.25) is 0 Å². The van der Waals surface area contributed by atoms with E-state index in [1.165, 1.54) is 31.2 Å². The van der Waals surface area contributed by atoms with Crippen molar-refractivity contribution < 1.29 is 82.3 Å². The summed E-state index contributed by atoms with van der Waals surface area (Å²) < 4.78 is 48.8. The largest absolute Gasteiger partial charge is 0.477 e. The van der Waals surface area contributed by atoms with E-state index < -0.39 is 23.9 Å². The van der Waals surface area contributed by atoms with Crippen molar-refractivity contribution in [1.82, 2.24) is 39.5 Å². The van der Waals surface area contributed by atoms with Crippen LogP contribution >= 0.6 is 0 Å². The molecular weight excluding hydrogens is 1140 g/mol. The number of hydrogen-bond acceptors (Lipinski definition) is 21. The zero-order chi connectivity index (χ0) is 61.9. The first-order valence-electron chi connectivity index (χ1n) is 30.2. The van der Waals surface area contributed by atoms with Gasteiger partial charge in [-0.25, -0.2) is 39.1 Å². The zero-order valence-corrected chi connectivity index (χ0v) is 50.1. The Morgan fingerprint density at radius 2 is 0.591 bits per heavy atom. The van der Waals surface area contributed by atoms with Crippen LogP contribution in [-0.4, -0.2) is 246 Å². The maximum atomic E-state index is 11.4. The lowest BCUT2D eigenvalue weighted by atomic mass is 9.94. The van der Waals surface area contributed by atoms with Gasteiger partial charge in [-0.05, 0) is 81.1 Å². The number of nitrogens with zero attached hydrogens (tertiary/aromatic N) is 8. The maximum Gasteiger partial charge on any atom is 0.354 e. The van der Waals surface area contributed by atoms with Crippen molar-refractivity contribution in [2.24, 2.45) is 0 Å². The van der Waals surface area contributed by atoms with E-state index in [0.717, 1.165) is 57.7 Å². The number of aromatic carboxylic acids is 4. The minimum Gasteiger partial charge on any atom is -0.477 e. The highest BCUT2D eigenvalue weighted by molar-refractivity contribution is 5.86. The van der Waals surface area contributed by atoms with Crippen molar-refractivity contribution in [2.45, 2.75) is 116 Å². The second-order valence-corrected chi connectivity index (χ2v) is 21.3. The molecule has 4 aromatic rings. The molecule has 0 amide bonds. The highest BCUT2D eigenvalue weighted by atomic mass is 16.6. The van der Waals surface area contributed by atoms with E-state index in [1.54, 1.807) is 24.3 Å². The van der Waals surface area contributed by atoms with Gasteiger partial charge in [-0.15, -0.1) is 0 Å². The lowest BCUT2D eigenvalue weighted by Gasteiger charge is -2.33. The number of carboxylic acids is 4. The molecule has 25 heteroatoms. The Morgan fingerprint density at radius 1 is 0.386 bits per heavy atom. The summed E-state index contributed by atoms with van der Waals surface area (Å²) in [7, 11) is 0. The first kappa shape index (κ1) is 72.4. The molecule has 25 nitrogen and oxygen atoms in total. The van der Waals surface area contributed by atoms with Crippen LogP contribution in [0.3, 0.4) is 0 Å².